The van der Waals surface area contributed by atoms with Gasteiger partial charge in [-0.15, -0.1) is 0 Å². The van der Waals surface area contributed by atoms with Crippen molar-refractivity contribution in [3.05, 3.63) is 0 Å². The van der Waals surface area contributed by atoms with Gasteiger partial charge in [0.05, 0.1) is 39.9 Å². The topological polar surface area (TPSA) is 105 Å². The number of unbranched alkanes of at least 4 members (excludes halogenated alkanes) is 57. The Morgan fingerprint density at radius 3 is 0.827 bits per heavy atom. The summed E-state index contributed by atoms with van der Waals surface area (Å²) in [5.74, 6) is -0.132. The molecule has 3 unspecified atom stereocenters. The van der Waals surface area contributed by atoms with Gasteiger partial charge in [0.15, 0.2) is 0 Å². The van der Waals surface area contributed by atoms with Crippen molar-refractivity contribution in [2.24, 2.45) is 0 Å². The van der Waals surface area contributed by atoms with E-state index in [-0.39, 0.29) is 19.1 Å². The van der Waals surface area contributed by atoms with Crippen LogP contribution in [0.3, 0.4) is 0 Å². The molecule has 0 rings (SSSR count). The molecule has 0 aromatic heterocycles. The van der Waals surface area contributed by atoms with Crippen LogP contribution in [-0.4, -0.2) is 73.4 Å². The highest BCUT2D eigenvalue weighted by Crippen LogP contribution is 2.43. The van der Waals surface area contributed by atoms with Gasteiger partial charge in [0.2, 0.25) is 5.91 Å². The van der Waals surface area contributed by atoms with Gasteiger partial charge in [-0.3, -0.25) is 13.8 Å². The molecule has 0 saturated heterocycles. The van der Waals surface area contributed by atoms with E-state index in [1.807, 2.05) is 21.1 Å². The molecule has 81 heavy (non-hydrogen) atoms. The number of amides is 1. The fourth-order valence-corrected chi connectivity index (χ4v) is 12.6. The second kappa shape index (κ2) is 64.0. The van der Waals surface area contributed by atoms with Crippen molar-refractivity contribution in [2.75, 3.05) is 40.9 Å². The Hall–Kier alpha value is -0.500. The molecular weight excluding hydrogens is 1020 g/mol. The molecule has 0 spiro atoms. The molecular formula is C72H148N2O6P+. The predicted octanol–water partition coefficient (Wildman–Crippen LogP) is 23.5. The van der Waals surface area contributed by atoms with Gasteiger partial charge in [0.25, 0.3) is 0 Å². The predicted molar refractivity (Wildman–Crippen MR) is 356 cm³/mol. The van der Waals surface area contributed by atoms with Gasteiger partial charge >= 0.3 is 7.82 Å². The Morgan fingerprint density at radius 1 is 0.370 bits per heavy atom. The van der Waals surface area contributed by atoms with Gasteiger partial charge in [-0.25, -0.2) is 4.57 Å². The Bertz CT molecular complexity index is 1280. The second-order valence-corrected chi connectivity index (χ2v) is 28.5. The highest BCUT2D eigenvalue weighted by atomic mass is 31.2. The Balaban J connectivity index is 3.93. The monoisotopic (exact) mass is 1170 g/mol. The first-order chi connectivity index (χ1) is 39.5. The normalized spacial score (nSPS) is 13.5. The lowest BCUT2D eigenvalue weighted by Gasteiger charge is -2.26. The molecule has 0 radical (unpaired) electrons. The third kappa shape index (κ3) is 66.9. The SMILES string of the molecule is CCCCCCCCCCCCCCCCCCCCCCCCCCCCCCCCCCCCC(=O)NC(COP(=O)(O)OCC[N+](C)(C)C)C(O)CCCCCCCCCCCCCCCCCCCCCCCCCCC. The summed E-state index contributed by atoms with van der Waals surface area (Å²) < 4.78 is 23.9. The van der Waals surface area contributed by atoms with Crippen molar-refractivity contribution < 1.29 is 32.9 Å². The van der Waals surface area contributed by atoms with Crippen molar-refractivity contribution in [2.45, 2.75) is 418 Å². The second-order valence-electron chi connectivity index (χ2n) is 27.0. The molecule has 0 aromatic rings. The molecule has 8 nitrogen and oxygen atoms in total. The first-order valence-corrected chi connectivity index (χ1v) is 38.4. The van der Waals surface area contributed by atoms with Crippen LogP contribution in [0.1, 0.15) is 406 Å². The van der Waals surface area contributed by atoms with E-state index in [9.17, 15) is 19.4 Å². The van der Waals surface area contributed by atoms with E-state index in [0.717, 1.165) is 38.5 Å². The number of carbonyl (C=O) groups excluding carboxylic acids is 1. The third-order valence-corrected chi connectivity index (χ3v) is 18.6. The fraction of sp³-hybridized carbons (Fsp3) is 0.986. The maximum Gasteiger partial charge on any atom is 0.472 e. The number of quaternary nitrogens is 1. The van der Waals surface area contributed by atoms with Crippen LogP contribution >= 0.6 is 7.82 Å². The molecule has 0 heterocycles. The summed E-state index contributed by atoms with van der Waals surface area (Å²) >= 11 is 0. The van der Waals surface area contributed by atoms with Gasteiger partial charge in [-0.2, -0.15) is 0 Å². The summed E-state index contributed by atoms with van der Waals surface area (Å²) in [5.41, 5.74) is 0. The van der Waals surface area contributed by atoms with Gasteiger partial charge in [0.1, 0.15) is 13.2 Å². The number of carbonyl (C=O) groups is 1. The number of aliphatic hydroxyl groups excluding tert-OH is 1. The maximum absolute atomic E-state index is 13.1. The number of likely N-dealkylation sites (N-methyl/N-ethyl adjacent to an activating group) is 1. The molecule has 0 aliphatic heterocycles. The van der Waals surface area contributed by atoms with Gasteiger partial charge in [0, 0.05) is 6.42 Å². The minimum absolute atomic E-state index is 0.0795. The quantitative estimate of drug-likeness (QED) is 0.0318. The average Bonchev–Trinajstić information content (AvgIpc) is 3.43. The molecule has 0 aliphatic carbocycles. The highest BCUT2D eigenvalue weighted by Gasteiger charge is 2.28. The lowest BCUT2D eigenvalue weighted by Crippen LogP contribution is -2.46. The van der Waals surface area contributed by atoms with E-state index in [1.54, 1.807) is 0 Å². The fourth-order valence-electron chi connectivity index (χ4n) is 11.9. The Kier molecular flexibility index (Phi) is 63.6. The molecule has 486 valence electrons. The van der Waals surface area contributed by atoms with Crippen LogP contribution < -0.4 is 5.32 Å². The molecule has 0 fully saturated rings. The number of hydrogen-bond acceptors (Lipinski definition) is 5. The smallest absolute Gasteiger partial charge is 0.391 e. The zero-order valence-electron chi connectivity index (χ0n) is 55.8. The zero-order chi connectivity index (χ0) is 59.1. The lowest BCUT2D eigenvalue weighted by molar-refractivity contribution is -0.870. The zero-order valence-corrected chi connectivity index (χ0v) is 56.7. The molecule has 3 atom stereocenters. The van der Waals surface area contributed by atoms with E-state index in [2.05, 4.69) is 19.2 Å². The van der Waals surface area contributed by atoms with Crippen LogP contribution in [0.5, 0.6) is 0 Å². The summed E-state index contributed by atoms with van der Waals surface area (Å²) in [5, 5.41) is 14.2. The number of aliphatic hydroxyl groups is 1. The molecule has 3 N–H and O–H groups in total. The minimum Gasteiger partial charge on any atom is -0.391 e. The number of hydrogen-bond donors (Lipinski definition) is 3. The number of nitrogens with one attached hydrogen (secondary N) is 1. The maximum atomic E-state index is 13.1. The van der Waals surface area contributed by atoms with Crippen molar-refractivity contribution in [3.8, 4) is 0 Å². The Morgan fingerprint density at radius 2 is 0.593 bits per heavy atom. The molecule has 1 amide bonds. The molecule has 0 saturated carbocycles. The molecule has 9 heteroatoms. The lowest BCUT2D eigenvalue weighted by atomic mass is 10.0. The van der Waals surface area contributed by atoms with Crippen molar-refractivity contribution >= 4 is 13.7 Å². The summed E-state index contributed by atoms with van der Waals surface area (Å²) in [6.07, 6.45) is 80.8. The number of nitrogens with zero attached hydrogens (tertiary/aromatic N) is 1. The largest absolute Gasteiger partial charge is 0.472 e. The molecule has 0 aromatic carbocycles. The van der Waals surface area contributed by atoms with Gasteiger partial charge in [-0.1, -0.05) is 386 Å². The van der Waals surface area contributed by atoms with Crippen LogP contribution in [0.4, 0.5) is 0 Å². The van der Waals surface area contributed by atoms with Gasteiger partial charge in [-0.05, 0) is 12.8 Å². The van der Waals surface area contributed by atoms with Crippen LogP contribution in [0.25, 0.3) is 0 Å². The summed E-state index contributed by atoms with van der Waals surface area (Å²) in [6.45, 7) is 4.97. The van der Waals surface area contributed by atoms with Crippen LogP contribution in [-0.2, 0) is 18.4 Å². The van der Waals surface area contributed by atoms with Gasteiger partial charge < -0.3 is 19.8 Å². The van der Waals surface area contributed by atoms with Crippen molar-refractivity contribution in [3.63, 3.8) is 0 Å². The van der Waals surface area contributed by atoms with Crippen molar-refractivity contribution in [1.29, 1.82) is 0 Å². The first kappa shape index (κ1) is 80.5. The number of phosphoric acid groups is 1. The summed E-state index contributed by atoms with van der Waals surface area (Å²) in [7, 11) is 1.64. The Labute approximate surface area is 508 Å². The van der Waals surface area contributed by atoms with E-state index < -0.39 is 20.0 Å². The average molecular weight is 1170 g/mol. The van der Waals surface area contributed by atoms with Crippen LogP contribution in [0.2, 0.25) is 0 Å². The van der Waals surface area contributed by atoms with E-state index >= 15 is 0 Å². The van der Waals surface area contributed by atoms with Crippen molar-refractivity contribution in [1.82, 2.24) is 5.32 Å². The van der Waals surface area contributed by atoms with Crippen LogP contribution in [0.15, 0.2) is 0 Å². The number of phosphoric ester groups is 1. The van der Waals surface area contributed by atoms with E-state index in [0.29, 0.717) is 23.9 Å². The molecule has 0 aliphatic rings. The standard InChI is InChI=1S/C72H147N2O6P/c1-6-8-10-12-14-16-18-20-22-24-26-28-30-32-33-34-35-36-37-38-39-40-42-44-46-48-50-52-54-56-58-60-62-64-66-72(76)73-70(69-80-81(77,78)79-68-67-74(3,4)5)71(75)65-63-61-59-57-55-53-51-49-47-45-43-41-31-29-27-25-23-21-19-17-15-13-11-9-7-2/h70-71,75H,6-69H2,1-5H3,(H-,73,76,77,78)/p+1. The first-order valence-electron chi connectivity index (χ1n) is 36.9. The minimum atomic E-state index is -4.33. The van der Waals surface area contributed by atoms with E-state index in [1.165, 1.54) is 340 Å². The third-order valence-electron chi connectivity index (χ3n) is 17.6. The highest BCUT2D eigenvalue weighted by molar-refractivity contribution is 7.47. The molecule has 0 bridgehead atoms. The van der Waals surface area contributed by atoms with E-state index in [4.69, 9.17) is 9.05 Å². The number of rotatable bonds is 70. The van der Waals surface area contributed by atoms with Crippen LogP contribution in [0, 0.1) is 0 Å². The summed E-state index contributed by atoms with van der Waals surface area (Å²) in [6, 6.07) is -0.757. The summed E-state index contributed by atoms with van der Waals surface area (Å²) in [4.78, 5) is 23.5.